The van der Waals surface area contributed by atoms with E-state index in [9.17, 15) is 20.0 Å². The van der Waals surface area contributed by atoms with Crippen molar-refractivity contribution in [3.63, 3.8) is 0 Å². The molecule has 1 saturated carbocycles. The van der Waals surface area contributed by atoms with E-state index in [4.69, 9.17) is 0 Å². The van der Waals surface area contributed by atoms with E-state index >= 15 is 0 Å². The maximum Gasteiger partial charge on any atom is 0.269 e. The third-order valence-electron chi connectivity index (χ3n) is 3.43. The molecular weight excluding hydrogens is 234 g/mol. The summed E-state index contributed by atoms with van der Waals surface area (Å²) in [6, 6.07) is 5.74. The monoisotopic (exact) mass is 249 g/mol. The lowest BCUT2D eigenvalue weighted by molar-refractivity contribution is -0.384. The third-order valence-corrected chi connectivity index (χ3v) is 3.43. The van der Waals surface area contributed by atoms with Crippen LogP contribution < -0.4 is 0 Å². The van der Waals surface area contributed by atoms with Crippen LogP contribution in [0.2, 0.25) is 0 Å². The predicted molar refractivity (Wildman–Crippen MR) is 65.0 cm³/mol. The molecule has 1 N–H and O–H groups in total. The van der Waals surface area contributed by atoms with Crippen LogP contribution in [0.25, 0.3) is 0 Å². The van der Waals surface area contributed by atoms with Crippen molar-refractivity contribution in [2.45, 2.75) is 31.8 Å². The fourth-order valence-electron chi connectivity index (χ4n) is 2.37. The van der Waals surface area contributed by atoms with Gasteiger partial charge in [0.25, 0.3) is 5.69 Å². The molecule has 0 aromatic heterocycles. The van der Waals surface area contributed by atoms with Gasteiger partial charge in [0.05, 0.1) is 11.0 Å². The molecule has 1 aliphatic carbocycles. The average Bonchev–Trinajstić information content (AvgIpc) is 2.38. The highest BCUT2D eigenvalue weighted by Crippen LogP contribution is 2.32. The summed E-state index contributed by atoms with van der Waals surface area (Å²) in [6.45, 7) is 0. The van der Waals surface area contributed by atoms with Crippen LogP contribution in [0.3, 0.4) is 0 Å². The zero-order valence-corrected chi connectivity index (χ0v) is 9.91. The number of rotatable bonds is 3. The Hall–Kier alpha value is -1.75. The van der Waals surface area contributed by atoms with Crippen molar-refractivity contribution in [3.05, 3.63) is 39.9 Å². The highest BCUT2D eigenvalue weighted by atomic mass is 16.6. The molecule has 0 aliphatic heterocycles. The van der Waals surface area contributed by atoms with E-state index in [0.29, 0.717) is 18.4 Å². The molecule has 0 radical (unpaired) electrons. The Morgan fingerprint density at radius 3 is 2.50 bits per heavy atom. The fraction of sp³-hybridized carbons (Fsp3) is 0.462. The average molecular weight is 249 g/mol. The van der Waals surface area contributed by atoms with Crippen molar-refractivity contribution in [2.75, 3.05) is 0 Å². The number of hydrogen-bond acceptors (Lipinski definition) is 4. The highest BCUT2D eigenvalue weighted by Gasteiger charge is 2.30. The van der Waals surface area contributed by atoms with Gasteiger partial charge in [0.15, 0.2) is 0 Å². The number of aliphatic hydroxyl groups excluding tert-OH is 1. The van der Waals surface area contributed by atoms with Gasteiger partial charge in [-0.1, -0.05) is 6.42 Å². The van der Waals surface area contributed by atoms with Gasteiger partial charge >= 0.3 is 0 Å². The number of Topliss-reactive ketones (excluding diaryl/α,β-unsaturated/α-hetero) is 1. The van der Waals surface area contributed by atoms with Gasteiger partial charge in [-0.25, -0.2) is 0 Å². The summed E-state index contributed by atoms with van der Waals surface area (Å²) in [7, 11) is 0. The molecule has 5 heteroatoms. The number of carbonyl (C=O) groups is 1. The molecule has 1 aromatic carbocycles. The molecule has 0 bridgehead atoms. The lowest BCUT2D eigenvalue weighted by Gasteiger charge is -2.25. The van der Waals surface area contributed by atoms with Gasteiger partial charge in [-0.05, 0) is 30.5 Å². The van der Waals surface area contributed by atoms with Gasteiger partial charge in [0, 0.05) is 24.5 Å². The molecule has 1 aliphatic rings. The van der Waals surface area contributed by atoms with Crippen LogP contribution in [0.4, 0.5) is 5.69 Å². The van der Waals surface area contributed by atoms with Crippen LogP contribution in [0, 0.1) is 16.0 Å². The molecule has 0 heterocycles. The van der Waals surface area contributed by atoms with Crippen LogP contribution in [0.1, 0.15) is 37.4 Å². The molecule has 0 spiro atoms. The summed E-state index contributed by atoms with van der Waals surface area (Å²) in [5, 5.41) is 20.7. The summed E-state index contributed by atoms with van der Waals surface area (Å²) in [4.78, 5) is 21.8. The fourth-order valence-corrected chi connectivity index (χ4v) is 2.37. The van der Waals surface area contributed by atoms with E-state index in [2.05, 4.69) is 0 Å². The molecular formula is C13H15NO4. The minimum absolute atomic E-state index is 0.0130. The molecule has 2 rings (SSSR count). The SMILES string of the molecule is O=C1CCCC[C@@H]1C(O)c1ccc([N+](=O)[O-])cc1. The first-order chi connectivity index (χ1) is 8.59. The highest BCUT2D eigenvalue weighted by molar-refractivity contribution is 5.82. The summed E-state index contributed by atoms with van der Waals surface area (Å²) < 4.78 is 0. The molecule has 0 amide bonds. The van der Waals surface area contributed by atoms with Gasteiger partial charge in [-0.2, -0.15) is 0 Å². The van der Waals surface area contributed by atoms with Gasteiger partial charge in [-0.15, -0.1) is 0 Å². The summed E-state index contributed by atoms with van der Waals surface area (Å²) >= 11 is 0. The second-order valence-electron chi connectivity index (χ2n) is 4.61. The Morgan fingerprint density at radius 1 is 1.28 bits per heavy atom. The molecule has 2 atom stereocenters. The maximum absolute atomic E-state index is 11.7. The Labute approximate surface area is 105 Å². The minimum atomic E-state index is -0.849. The quantitative estimate of drug-likeness (QED) is 0.658. The number of non-ortho nitro benzene ring substituents is 1. The zero-order valence-electron chi connectivity index (χ0n) is 9.91. The first-order valence-electron chi connectivity index (χ1n) is 6.04. The van der Waals surface area contributed by atoms with Crippen molar-refractivity contribution in [3.8, 4) is 0 Å². The second kappa shape index (κ2) is 5.27. The van der Waals surface area contributed by atoms with Crippen LogP contribution in [-0.2, 0) is 4.79 Å². The first-order valence-corrected chi connectivity index (χ1v) is 6.04. The lowest BCUT2D eigenvalue weighted by atomic mass is 9.82. The maximum atomic E-state index is 11.7. The number of nitrogens with zero attached hydrogens (tertiary/aromatic N) is 1. The summed E-state index contributed by atoms with van der Waals surface area (Å²) in [5.74, 6) is -0.271. The lowest BCUT2D eigenvalue weighted by Crippen LogP contribution is -2.25. The second-order valence-corrected chi connectivity index (χ2v) is 4.61. The molecule has 18 heavy (non-hydrogen) atoms. The minimum Gasteiger partial charge on any atom is -0.388 e. The van der Waals surface area contributed by atoms with E-state index in [1.54, 1.807) is 0 Å². The number of hydrogen-bond donors (Lipinski definition) is 1. The number of aliphatic hydroxyl groups is 1. The number of nitro groups is 1. The Morgan fingerprint density at radius 2 is 1.94 bits per heavy atom. The Bertz CT molecular complexity index is 455. The van der Waals surface area contributed by atoms with Gasteiger partial charge in [0.2, 0.25) is 0 Å². The smallest absolute Gasteiger partial charge is 0.269 e. The molecule has 5 nitrogen and oxygen atoms in total. The van der Waals surface area contributed by atoms with Gasteiger partial charge < -0.3 is 5.11 Å². The van der Waals surface area contributed by atoms with Crippen molar-refractivity contribution in [1.29, 1.82) is 0 Å². The predicted octanol–water partition coefficient (Wildman–Crippen LogP) is 2.39. The van der Waals surface area contributed by atoms with Crippen molar-refractivity contribution < 1.29 is 14.8 Å². The van der Waals surface area contributed by atoms with E-state index in [-0.39, 0.29) is 17.4 Å². The zero-order chi connectivity index (χ0) is 13.1. The summed E-state index contributed by atoms with van der Waals surface area (Å²) in [5.41, 5.74) is 0.557. The van der Waals surface area contributed by atoms with E-state index in [1.165, 1.54) is 24.3 Å². The normalized spacial score (nSPS) is 21.6. The summed E-state index contributed by atoms with van der Waals surface area (Å²) in [6.07, 6.45) is 2.20. The van der Waals surface area contributed by atoms with E-state index < -0.39 is 11.0 Å². The van der Waals surface area contributed by atoms with Crippen LogP contribution >= 0.6 is 0 Å². The topological polar surface area (TPSA) is 80.4 Å². The molecule has 1 aromatic rings. The van der Waals surface area contributed by atoms with Gasteiger partial charge in [0.1, 0.15) is 5.78 Å². The molecule has 1 unspecified atom stereocenters. The van der Waals surface area contributed by atoms with Crippen molar-refractivity contribution >= 4 is 11.5 Å². The van der Waals surface area contributed by atoms with E-state index in [0.717, 1.165) is 12.8 Å². The largest absolute Gasteiger partial charge is 0.388 e. The molecule has 96 valence electrons. The molecule has 0 saturated heterocycles. The third kappa shape index (κ3) is 2.56. The first kappa shape index (κ1) is 12.7. The standard InChI is InChI=1S/C13H15NO4/c15-12-4-2-1-3-11(12)13(16)9-5-7-10(8-6-9)14(17)18/h5-8,11,13,16H,1-4H2/t11-,13?/m0/s1. The van der Waals surface area contributed by atoms with E-state index in [1.807, 2.05) is 0 Å². The van der Waals surface area contributed by atoms with Gasteiger partial charge in [-0.3, -0.25) is 14.9 Å². The van der Waals surface area contributed by atoms with Crippen LogP contribution in [-0.4, -0.2) is 15.8 Å². The van der Waals surface area contributed by atoms with Crippen LogP contribution in [0.5, 0.6) is 0 Å². The number of nitro benzene ring substituents is 1. The van der Waals surface area contributed by atoms with Crippen LogP contribution in [0.15, 0.2) is 24.3 Å². The van der Waals surface area contributed by atoms with Crippen molar-refractivity contribution in [2.24, 2.45) is 5.92 Å². The number of carbonyl (C=O) groups excluding carboxylic acids is 1. The number of ketones is 1. The Kier molecular flexibility index (Phi) is 3.72. The number of benzene rings is 1. The Balaban J connectivity index is 2.15. The molecule has 1 fully saturated rings. The van der Waals surface area contributed by atoms with Crippen molar-refractivity contribution in [1.82, 2.24) is 0 Å².